The lowest BCUT2D eigenvalue weighted by Crippen LogP contribution is -2.57. The Hall–Kier alpha value is -6.36. The van der Waals surface area contributed by atoms with Crippen molar-refractivity contribution in [3.05, 3.63) is 118 Å². The van der Waals surface area contributed by atoms with Crippen molar-refractivity contribution in [1.29, 1.82) is 0 Å². The number of nitrogens with one attached hydrogen (secondary N) is 2. The van der Waals surface area contributed by atoms with Crippen molar-refractivity contribution in [3.63, 3.8) is 0 Å². The number of halogens is 1. The first-order valence-electron chi connectivity index (χ1n) is 23.3. The van der Waals surface area contributed by atoms with E-state index in [4.69, 9.17) is 4.98 Å². The van der Waals surface area contributed by atoms with Crippen LogP contribution in [0, 0.1) is 11.2 Å². The van der Waals surface area contributed by atoms with Gasteiger partial charge in [-0.2, -0.15) is 0 Å². The summed E-state index contributed by atoms with van der Waals surface area (Å²) < 4.78 is 18.1. The number of carbonyl (C=O) groups is 2. The van der Waals surface area contributed by atoms with Crippen LogP contribution in [0.1, 0.15) is 80.3 Å². The predicted molar refractivity (Wildman–Crippen MR) is 260 cm³/mol. The van der Waals surface area contributed by atoms with Crippen LogP contribution in [0.4, 0.5) is 38.8 Å². The normalized spacial score (nSPS) is 18.8. The van der Waals surface area contributed by atoms with E-state index in [1.54, 1.807) is 62.5 Å². The van der Waals surface area contributed by atoms with Crippen molar-refractivity contribution in [3.8, 4) is 11.3 Å². The Morgan fingerprint density at radius 2 is 1.79 bits per heavy atom. The van der Waals surface area contributed by atoms with Crippen molar-refractivity contribution < 1.29 is 24.2 Å². The SMILES string of the molecule is C=CC(=O)Nc1cc(Nc2nc(-c3ccnc(N4CCn5c(cc6c5CC(C)(C)C6)C4=O)c3CO)cn(C)c2=O)ccc1N1CCN(C2CCN(c3ccc(F)c(C(C)(C)O)c3)CC2)CC1C. The molecule has 3 aromatic heterocycles. The van der Waals surface area contributed by atoms with Crippen molar-refractivity contribution >= 4 is 46.2 Å². The van der Waals surface area contributed by atoms with E-state index in [1.165, 1.54) is 28.0 Å². The summed E-state index contributed by atoms with van der Waals surface area (Å²) in [5.74, 6) is -0.566. The lowest BCUT2D eigenvalue weighted by atomic mass is 9.90. The number of hydrogen-bond acceptors (Lipinski definition) is 11. The smallest absolute Gasteiger partial charge is 0.293 e. The minimum atomic E-state index is -1.27. The molecule has 1 atom stereocenters. The molecule has 2 aromatic carbocycles. The van der Waals surface area contributed by atoms with Crippen molar-refractivity contribution in [2.24, 2.45) is 12.5 Å². The zero-order valence-corrected chi connectivity index (χ0v) is 39.3. The monoisotopic (exact) mass is 912 g/mol. The number of amides is 2. The molecule has 352 valence electrons. The first kappa shape index (κ1) is 45.8. The number of aromatic nitrogens is 4. The summed E-state index contributed by atoms with van der Waals surface area (Å²) in [5, 5.41) is 27.5. The number of piperazine rings is 1. The van der Waals surface area contributed by atoms with Crippen LogP contribution in [0.2, 0.25) is 0 Å². The van der Waals surface area contributed by atoms with E-state index in [2.05, 4.69) is 62.2 Å². The standard InChI is InChI=1S/C51H61FN10O5/c1-8-45(64)55-40-24-33(9-12-42(40)60-20-19-59(28-31(60)2)34-14-17-58(18-15-34)35-10-11-39(52)38(25-35)51(5,6)67)54-46-49(66)57(7)29-41(56-46)36-13-16-53-47(37(36)30-63)62-22-21-61-43(48(62)65)23-32-26-50(3,4)27-44(32)61/h8-13,16,23-25,29,31,34,63,67H,1,14-15,17-22,26-28,30H2,2-7H3,(H,54,56)(H,55,64). The third kappa shape index (κ3) is 8.85. The average molecular weight is 913 g/mol. The van der Waals surface area contributed by atoms with Gasteiger partial charge in [-0.1, -0.05) is 20.4 Å². The second-order valence-electron chi connectivity index (χ2n) is 19.9. The van der Waals surface area contributed by atoms with E-state index < -0.39 is 18.0 Å². The van der Waals surface area contributed by atoms with Crippen LogP contribution in [-0.2, 0) is 43.4 Å². The molecule has 0 radical (unpaired) electrons. The quantitative estimate of drug-likeness (QED) is 0.110. The second kappa shape index (κ2) is 17.7. The van der Waals surface area contributed by atoms with Crippen LogP contribution < -0.4 is 30.9 Å². The number of rotatable bonds is 11. The van der Waals surface area contributed by atoms with E-state index in [1.807, 2.05) is 18.2 Å². The number of nitrogens with zero attached hydrogens (tertiary/aromatic N) is 8. The predicted octanol–water partition coefficient (Wildman–Crippen LogP) is 6.34. The maximum Gasteiger partial charge on any atom is 0.293 e. The summed E-state index contributed by atoms with van der Waals surface area (Å²) in [7, 11) is 1.63. The van der Waals surface area contributed by atoms with Gasteiger partial charge in [0.1, 0.15) is 17.3 Å². The van der Waals surface area contributed by atoms with Gasteiger partial charge in [0.15, 0.2) is 5.82 Å². The number of anilines is 6. The van der Waals surface area contributed by atoms with Crippen LogP contribution >= 0.6 is 0 Å². The maximum atomic E-state index is 14.5. The molecule has 5 aromatic rings. The Bertz CT molecular complexity index is 2820. The molecule has 2 saturated heterocycles. The van der Waals surface area contributed by atoms with Gasteiger partial charge >= 0.3 is 0 Å². The Kier molecular flexibility index (Phi) is 12.1. The van der Waals surface area contributed by atoms with Crippen molar-refractivity contribution in [1.82, 2.24) is 24.0 Å². The van der Waals surface area contributed by atoms with E-state index in [9.17, 15) is 29.0 Å². The van der Waals surface area contributed by atoms with Gasteiger partial charge in [0.05, 0.1) is 29.3 Å². The van der Waals surface area contributed by atoms with E-state index in [-0.39, 0.29) is 34.6 Å². The molecule has 15 nitrogen and oxygen atoms in total. The highest BCUT2D eigenvalue weighted by molar-refractivity contribution is 6.06. The fourth-order valence-corrected chi connectivity index (χ4v) is 10.7. The summed E-state index contributed by atoms with van der Waals surface area (Å²) in [6.07, 6.45) is 8.16. The van der Waals surface area contributed by atoms with Gasteiger partial charge < -0.3 is 39.8 Å². The lowest BCUT2D eigenvalue weighted by Gasteiger charge is -2.47. The number of aliphatic hydroxyl groups is 2. The summed E-state index contributed by atoms with van der Waals surface area (Å²) >= 11 is 0. The van der Waals surface area contributed by atoms with Crippen molar-refractivity contribution in [2.45, 2.75) is 91.1 Å². The molecule has 1 aliphatic carbocycles. The number of pyridine rings is 1. The Morgan fingerprint density at radius 3 is 2.51 bits per heavy atom. The molecule has 2 amide bonds. The zero-order chi connectivity index (χ0) is 47.5. The summed E-state index contributed by atoms with van der Waals surface area (Å²) in [5.41, 5.74) is 6.03. The molecule has 4 N–H and O–H groups in total. The second-order valence-corrected chi connectivity index (χ2v) is 19.9. The molecule has 3 aliphatic heterocycles. The molecule has 6 heterocycles. The molecular weight excluding hydrogens is 852 g/mol. The molecule has 16 heteroatoms. The first-order valence-corrected chi connectivity index (χ1v) is 23.3. The summed E-state index contributed by atoms with van der Waals surface area (Å²) in [6, 6.07) is 14.8. The third-order valence-corrected chi connectivity index (χ3v) is 14.0. The molecule has 2 fully saturated rings. The van der Waals surface area contributed by atoms with Crippen LogP contribution in [0.15, 0.2) is 78.4 Å². The summed E-state index contributed by atoms with van der Waals surface area (Å²) in [4.78, 5) is 58.7. The number of fused-ring (bicyclic) bond motifs is 3. The van der Waals surface area contributed by atoms with Crippen LogP contribution in [0.25, 0.3) is 11.3 Å². The minimum Gasteiger partial charge on any atom is -0.392 e. The fraction of sp³-hybridized carbons (Fsp3) is 0.431. The molecular formula is C51H61FN10O5. The van der Waals surface area contributed by atoms with E-state index in [0.717, 1.165) is 69.8 Å². The zero-order valence-electron chi connectivity index (χ0n) is 39.3. The molecule has 4 aliphatic rings. The molecule has 0 bridgehead atoms. The van der Waals surface area contributed by atoms with Crippen LogP contribution in [0.5, 0.6) is 0 Å². The number of aliphatic hydroxyl groups excluding tert-OH is 1. The van der Waals surface area contributed by atoms with Crippen LogP contribution in [-0.4, -0.2) is 97.4 Å². The van der Waals surface area contributed by atoms with Gasteiger partial charge in [0, 0.05) is 111 Å². The van der Waals surface area contributed by atoms with E-state index in [0.29, 0.717) is 64.4 Å². The summed E-state index contributed by atoms with van der Waals surface area (Å²) in [6.45, 7) is 18.2. The van der Waals surface area contributed by atoms with Crippen LogP contribution in [0.3, 0.4) is 0 Å². The average Bonchev–Trinajstić information content (AvgIpc) is 3.79. The number of aryl methyl sites for hydroxylation is 1. The molecule has 0 saturated carbocycles. The van der Waals surface area contributed by atoms with Gasteiger partial charge in [0.2, 0.25) is 5.91 Å². The molecule has 1 unspecified atom stereocenters. The van der Waals surface area contributed by atoms with E-state index >= 15 is 0 Å². The van der Waals surface area contributed by atoms with Gasteiger partial charge in [-0.15, -0.1) is 0 Å². The highest BCUT2D eigenvalue weighted by Crippen LogP contribution is 2.41. The highest BCUT2D eigenvalue weighted by atomic mass is 19.1. The molecule has 67 heavy (non-hydrogen) atoms. The lowest BCUT2D eigenvalue weighted by molar-refractivity contribution is -0.111. The Morgan fingerprint density at radius 1 is 1.01 bits per heavy atom. The molecule has 0 spiro atoms. The third-order valence-electron chi connectivity index (χ3n) is 14.0. The fourth-order valence-electron chi connectivity index (χ4n) is 10.7. The van der Waals surface area contributed by atoms with Crippen molar-refractivity contribution in [2.75, 3.05) is 64.6 Å². The van der Waals surface area contributed by atoms with Gasteiger partial charge in [-0.25, -0.2) is 14.4 Å². The Labute approximate surface area is 390 Å². The van der Waals surface area contributed by atoms with Gasteiger partial charge in [-0.05, 0) is 112 Å². The first-order chi connectivity index (χ1) is 31.9. The van der Waals surface area contributed by atoms with Gasteiger partial charge in [-0.3, -0.25) is 24.2 Å². The number of carbonyl (C=O) groups excluding carboxylic acids is 2. The molecule has 9 rings (SSSR count). The Balaban J connectivity index is 0.916. The maximum absolute atomic E-state index is 14.5. The topological polar surface area (TPSA) is 164 Å². The highest BCUT2D eigenvalue weighted by Gasteiger charge is 2.38. The minimum absolute atomic E-state index is 0.0328. The largest absolute Gasteiger partial charge is 0.392 e. The number of benzene rings is 2. The van der Waals surface area contributed by atoms with Gasteiger partial charge in [0.25, 0.3) is 11.5 Å². The number of hydrogen-bond donors (Lipinski definition) is 4. The number of piperidine rings is 1.